The standard InChI is InChI=1S/C14H29NO/c1-4-9-14(2,12-16)11-15(3)10-13-7-5-6-8-13/h13,16H,4-12H2,1-3H3. The van der Waals surface area contributed by atoms with Gasteiger partial charge in [0.1, 0.15) is 0 Å². The number of rotatable bonds is 7. The first kappa shape index (κ1) is 14.0. The molecule has 2 heteroatoms. The highest BCUT2D eigenvalue weighted by molar-refractivity contribution is 4.78. The molecule has 1 fully saturated rings. The Morgan fingerprint density at radius 2 is 1.94 bits per heavy atom. The van der Waals surface area contributed by atoms with Crippen LogP contribution in [0.3, 0.4) is 0 Å². The van der Waals surface area contributed by atoms with Crippen LogP contribution >= 0.6 is 0 Å². The number of aliphatic hydroxyl groups is 1. The smallest absolute Gasteiger partial charge is 0.0497 e. The van der Waals surface area contributed by atoms with Gasteiger partial charge in [-0.25, -0.2) is 0 Å². The van der Waals surface area contributed by atoms with Gasteiger partial charge in [0.05, 0.1) is 0 Å². The second-order valence-corrected chi connectivity index (χ2v) is 6.07. The third kappa shape index (κ3) is 4.42. The summed E-state index contributed by atoms with van der Waals surface area (Å²) in [6, 6.07) is 0. The topological polar surface area (TPSA) is 23.5 Å². The molecular weight excluding hydrogens is 198 g/mol. The molecule has 0 saturated heterocycles. The second kappa shape index (κ2) is 6.61. The Hall–Kier alpha value is -0.0800. The van der Waals surface area contributed by atoms with Crippen molar-refractivity contribution in [3.63, 3.8) is 0 Å². The molecule has 16 heavy (non-hydrogen) atoms. The zero-order valence-corrected chi connectivity index (χ0v) is 11.3. The minimum atomic E-state index is 0.0993. The van der Waals surface area contributed by atoms with Crippen molar-refractivity contribution in [1.82, 2.24) is 4.90 Å². The van der Waals surface area contributed by atoms with E-state index in [2.05, 4.69) is 25.8 Å². The maximum absolute atomic E-state index is 9.50. The summed E-state index contributed by atoms with van der Waals surface area (Å²) < 4.78 is 0. The molecule has 96 valence electrons. The molecule has 1 saturated carbocycles. The maximum atomic E-state index is 9.50. The van der Waals surface area contributed by atoms with Crippen LogP contribution in [0.15, 0.2) is 0 Å². The van der Waals surface area contributed by atoms with Gasteiger partial charge in [-0.15, -0.1) is 0 Å². The number of hydrogen-bond donors (Lipinski definition) is 1. The molecule has 0 aromatic rings. The lowest BCUT2D eigenvalue weighted by Crippen LogP contribution is -2.38. The zero-order valence-electron chi connectivity index (χ0n) is 11.3. The van der Waals surface area contributed by atoms with Crippen LogP contribution in [-0.4, -0.2) is 36.8 Å². The van der Waals surface area contributed by atoms with E-state index in [0.717, 1.165) is 25.3 Å². The van der Waals surface area contributed by atoms with Gasteiger partial charge in [0.15, 0.2) is 0 Å². The Morgan fingerprint density at radius 1 is 1.31 bits per heavy atom. The van der Waals surface area contributed by atoms with Crippen molar-refractivity contribution >= 4 is 0 Å². The lowest BCUT2D eigenvalue weighted by Gasteiger charge is -2.33. The van der Waals surface area contributed by atoms with Crippen molar-refractivity contribution in [3.8, 4) is 0 Å². The van der Waals surface area contributed by atoms with E-state index in [1.807, 2.05) is 0 Å². The molecule has 1 rings (SSSR count). The third-order valence-electron chi connectivity index (χ3n) is 3.93. The Morgan fingerprint density at radius 3 is 2.44 bits per heavy atom. The Bertz CT molecular complexity index is 189. The highest BCUT2D eigenvalue weighted by Gasteiger charge is 2.25. The average Bonchev–Trinajstić information content (AvgIpc) is 2.70. The summed E-state index contributed by atoms with van der Waals surface area (Å²) >= 11 is 0. The van der Waals surface area contributed by atoms with Crippen LogP contribution in [0.2, 0.25) is 0 Å². The van der Waals surface area contributed by atoms with Crippen LogP contribution in [0.25, 0.3) is 0 Å². The molecule has 1 atom stereocenters. The van der Waals surface area contributed by atoms with Gasteiger partial charge in [-0.3, -0.25) is 0 Å². The fraction of sp³-hybridized carbons (Fsp3) is 1.00. The largest absolute Gasteiger partial charge is 0.396 e. The molecule has 0 aromatic carbocycles. The van der Waals surface area contributed by atoms with Crippen molar-refractivity contribution in [3.05, 3.63) is 0 Å². The minimum absolute atomic E-state index is 0.0993. The number of aliphatic hydroxyl groups excluding tert-OH is 1. The molecule has 0 radical (unpaired) electrons. The van der Waals surface area contributed by atoms with Gasteiger partial charge in [-0.1, -0.05) is 33.1 Å². The van der Waals surface area contributed by atoms with Gasteiger partial charge in [-0.2, -0.15) is 0 Å². The summed E-state index contributed by atoms with van der Waals surface area (Å²) in [5, 5.41) is 9.50. The third-order valence-corrected chi connectivity index (χ3v) is 3.93. The van der Waals surface area contributed by atoms with Crippen molar-refractivity contribution < 1.29 is 5.11 Å². The quantitative estimate of drug-likeness (QED) is 0.723. The van der Waals surface area contributed by atoms with E-state index in [1.165, 1.54) is 32.2 Å². The van der Waals surface area contributed by atoms with Gasteiger partial charge < -0.3 is 10.0 Å². The van der Waals surface area contributed by atoms with Gasteiger partial charge >= 0.3 is 0 Å². The molecule has 1 aliphatic carbocycles. The van der Waals surface area contributed by atoms with Gasteiger partial charge in [0.25, 0.3) is 0 Å². The molecule has 0 heterocycles. The summed E-state index contributed by atoms with van der Waals surface area (Å²) in [6.07, 6.45) is 7.95. The van der Waals surface area contributed by atoms with E-state index in [9.17, 15) is 5.11 Å². The van der Waals surface area contributed by atoms with Crippen molar-refractivity contribution in [1.29, 1.82) is 0 Å². The molecule has 1 N–H and O–H groups in total. The first-order valence-electron chi connectivity index (χ1n) is 6.89. The molecule has 0 amide bonds. The Balaban J connectivity index is 2.32. The molecule has 0 aromatic heterocycles. The van der Waals surface area contributed by atoms with E-state index >= 15 is 0 Å². The van der Waals surface area contributed by atoms with Crippen molar-refractivity contribution in [2.75, 3.05) is 26.7 Å². The summed E-state index contributed by atoms with van der Waals surface area (Å²) in [7, 11) is 2.21. The lowest BCUT2D eigenvalue weighted by molar-refractivity contribution is 0.0845. The maximum Gasteiger partial charge on any atom is 0.0497 e. The predicted molar refractivity (Wildman–Crippen MR) is 69.6 cm³/mol. The van der Waals surface area contributed by atoms with E-state index in [-0.39, 0.29) is 5.41 Å². The average molecular weight is 227 g/mol. The minimum Gasteiger partial charge on any atom is -0.396 e. The van der Waals surface area contributed by atoms with Gasteiger partial charge in [0, 0.05) is 25.1 Å². The van der Waals surface area contributed by atoms with Gasteiger partial charge in [0.2, 0.25) is 0 Å². The monoisotopic (exact) mass is 227 g/mol. The summed E-state index contributed by atoms with van der Waals surface area (Å²) in [5.74, 6) is 0.912. The molecule has 0 aliphatic heterocycles. The van der Waals surface area contributed by atoms with Gasteiger partial charge in [-0.05, 0) is 32.2 Å². The lowest BCUT2D eigenvalue weighted by atomic mass is 9.86. The van der Waals surface area contributed by atoms with E-state index < -0.39 is 0 Å². The van der Waals surface area contributed by atoms with Crippen LogP contribution in [-0.2, 0) is 0 Å². The first-order chi connectivity index (χ1) is 7.59. The van der Waals surface area contributed by atoms with Crippen LogP contribution in [0.5, 0.6) is 0 Å². The SMILES string of the molecule is CCCC(C)(CO)CN(C)CC1CCCC1. The van der Waals surface area contributed by atoms with Crippen molar-refractivity contribution in [2.45, 2.75) is 52.4 Å². The number of hydrogen-bond acceptors (Lipinski definition) is 2. The summed E-state index contributed by atoms with van der Waals surface area (Å²) in [4.78, 5) is 2.43. The highest BCUT2D eigenvalue weighted by atomic mass is 16.3. The van der Waals surface area contributed by atoms with E-state index in [0.29, 0.717) is 6.61 Å². The first-order valence-corrected chi connectivity index (χ1v) is 6.89. The molecule has 0 spiro atoms. The predicted octanol–water partition coefficient (Wildman–Crippen LogP) is 2.91. The van der Waals surface area contributed by atoms with E-state index in [1.54, 1.807) is 0 Å². The molecule has 0 bridgehead atoms. The van der Waals surface area contributed by atoms with Crippen LogP contribution in [0.1, 0.15) is 52.4 Å². The van der Waals surface area contributed by atoms with Crippen LogP contribution in [0.4, 0.5) is 0 Å². The fourth-order valence-corrected chi connectivity index (χ4v) is 3.16. The Kier molecular flexibility index (Phi) is 5.77. The molecule has 2 nitrogen and oxygen atoms in total. The summed E-state index contributed by atoms with van der Waals surface area (Å²) in [5.41, 5.74) is 0.0993. The summed E-state index contributed by atoms with van der Waals surface area (Å²) in [6.45, 7) is 6.98. The second-order valence-electron chi connectivity index (χ2n) is 6.07. The molecule has 1 aliphatic rings. The number of nitrogens with zero attached hydrogens (tertiary/aromatic N) is 1. The van der Waals surface area contributed by atoms with Crippen molar-refractivity contribution in [2.24, 2.45) is 11.3 Å². The zero-order chi connectivity index (χ0) is 12.0. The van der Waals surface area contributed by atoms with Crippen LogP contribution in [0, 0.1) is 11.3 Å². The Labute approximate surface area is 101 Å². The normalized spacial score (nSPS) is 21.6. The van der Waals surface area contributed by atoms with E-state index in [4.69, 9.17) is 0 Å². The van der Waals surface area contributed by atoms with Crippen LogP contribution < -0.4 is 0 Å². The highest BCUT2D eigenvalue weighted by Crippen LogP contribution is 2.28. The fourth-order valence-electron chi connectivity index (χ4n) is 3.16. The molecular formula is C14H29NO. The molecule has 1 unspecified atom stereocenters.